The minimum atomic E-state index is 0.803. The van der Waals surface area contributed by atoms with E-state index in [-0.39, 0.29) is 0 Å². The molecule has 0 heterocycles. The number of rotatable bonds is 9. The maximum absolute atomic E-state index is 5.64. The van der Waals surface area contributed by atoms with E-state index < -0.39 is 0 Å². The first-order valence-electron chi connectivity index (χ1n) is 6.42. The third-order valence-electron chi connectivity index (χ3n) is 2.54. The summed E-state index contributed by atoms with van der Waals surface area (Å²) >= 11 is 3.40. The fraction of sp³-hybridized carbons (Fsp3) is 0.571. The average Bonchev–Trinajstić information content (AvgIpc) is 2.35. The minimum absolute atomic E-state index is 0.803. The van der Waals surface area contributed by atoms with Gasteiger partial charge in [0.25, 0.3) is 0 Å². The third kappa shape index (κ3) is 7.40. The standard InChI is InChI=1S/C14H22BrNO/c1-2-3-10-16-11-4-5-12-17-14-8-6-13(15)7-9-14/h6-9,16H,2-5,10-12H2,1H3. The average molecular weight is 300 g/mol. The first kappa shape index (κ1) is 14.5. The second-order valence-electron chi connectivity index (χ2n) is 4.11. The lowest BCUT2D eigenvalue weighted by atomic mass is 10.3. The molecule has 2 nitrogen and oxygen atoms in total. The highest BCUT2D eigenvalue weighted by Crippen LogP contribution is 2.16. The lowest BCUT2D eigenvalue weighted by Gasteiger charge is -2.06. The molecule has 0 atom stereocenters. The molecule has 3 heteroatoms. The van der Waals surface area contributed by atoms with Crippen LogP contribution in [0.25, 0.3) is 0 Å². The molecule has 0 radical (unpaired) electrons. The van der Waals surface area contributed by atoms with E-state index in [0.29, 0.717) is 0 Å². The molecule has 0 aliphatic carbocycles. The zero-order valence-corrected chi connectivity index (χ0v) is 12.1. The molecule has 0 saturated carbocycles. The molecule has 1 N–H and O–H groups in total. The Labute approximate surface area is 113 Å². The lowest BCUT2D eigenvalue weighted by Crippen LogP contribution is -2.17. The summed E-state index contributed by atoms with van der Waals surface area (Å²) in [7, 11) is 0. The van der Waals surface area contributed by atoms with Crippen LogP contribution in [0.5, 0.6) is 5.75 Å². The van der Waals surface area contributed by atoms with E-state index in [4.69, 9.17) is 4.74 Å². The molecule has 17 heavy (non-hydrogen) atoms. The summed E-state index contributed by atoms with van der Waals surface area (Å²) in [5.41, 5.74) is 0. The predicted octanol–water partition coefficient (Wildman–Crippen LogP) is 4.00. The smallest absolute Gasteiger partial charge is 0.119 e. The van der Waals surface area contributed by atoms with Gasteiger partial charge in [-0.3, -0.25) is 0 Å². The molecule has 0 aromatic heterocycles. The Kier molecular flexibility index (Phi) is 8.10. The second kappa shape index (κ2) is 9.49. The summed E-state index contributed by atoms with van der Waals surface area (Å²) in [6.07, 6.45) is 4.82. The van der Waals surface area contributed by atoms with Gasteiger partial charge in [0.1, 0.15) is 5.75 Å². The van der Waals surface area contributed by atoms with Crippen LogP contribution < -0.4 is 10.1 Å². The SMILES string of the molecule is CCCCNCCCCOc1ccc(Br)cc1. The molecule has 0 fully saturated rings. The molecule has 0 aliphatic rings. The molecule has 0 saturated heterocycles. The molecule has 1 aromatic rings. The van der Waals surface area contributed by atoms with Gasteiger partial charge in [0, 0.05) is 4.47 Å². The van der Waals surface area contributed by atoms with Gasteiger partial charge in [-0.2, -0.15) is 0 Å². The van der Waals surface area contributed by atoms with Crippen LogP contribution >= 0.6 is 15.9 Å². The summed E-state index contributed by atoms with van der Waals surface area (Å²) < 4.78 is 6.73. The Hall–Kier alpha value is -0.540. The van der Waals surface area contributed by atoms with Gasteiger partial charge in [0.15, 0.2) is 0 Å². The number of benzene rings is 1. The van der Waals surface area contributed by atoms with Crippen molar-refractivity contribution >= 4 is 15.9 Å². The van der Waals surface area contributed by atoms with E-state index in [9.17, 15) is 0 Å². The second-order valence-corrected chi connectivity index (χ2v) is 5.03. The summed E-state index contributed by atoms with van der Waals surface area (Å²) in [6, 6.07) is 7.98. The fourth-order valence-electron chi connectivity index (χ4n) is 1.50. The van der Waals surface area contributed by atoms with Crippen LogP contribution in [0.15, 0.2) is 28.7 Å². The van der Waals surface area contributed by atoms with Crippen LogP contribution in [0.1, 0.15) is 32.6 Å². The van der Waals surface area contributed by atoms with Gasteiger partial charge in [-0.05, 0) is 56.6 Å². The van der Waals surface area contributed by atoms with Gasteiger partial charge in [-0.1, -0.05) is 29.3 Å². The van der Waals surface area contributed by atoms with E-state index in [1.807, 2.05) is 24.3 Å². The highest BCUT2D eigenvalue weighted by atomic mass is 79.9. The Bertz CT molecular complexity index is 287. The van der Waals surface area contributed by atoms with Crippen LogP contribution in [0, 0.1) is 0 Å². The summed E-state index contributed by atoms with van der Waals surface area (Å²) in [5.74, 6) is 0.951. The van der Waals surface area contributed by atoms with Gasteiger partial charge in [0.05, 0.1) is 6.61 Å². The molecule has 1 rings (SSSR count). The van der Waals surface area contributed by atoms with Crippen molar-refractivity contribution in [2.75, 3.05) is 19.7 Å². The minimum Gasteiger partial charge on any atom is -0.494 e. The van der Waals surface area contributed by atoms with Crippen molar-refractivity contribution in [2.24, 2.45) is 0 Å². The number of ether oxygens (including phenoxy) is 1. The van der Waals surface area contributed by atoms with E-state index in [2.05, 4.69) is 28.2 Å². The third-order valence-corrected chi connectivity index (χ3v) is 3.07. The quantitative estimate of drug-likeness (QED) is 0.696. The van der Waals surface area contributed by atoms with Gasteiger partial charge >= 0.3 is 0 Å². The fourth-order valence-corrected chi connectivity index (χ4v) is 1.76. The van der Waals surface area contributed by atoms with Gasteiger partial charge in [0.2, 0.25) is 0 Å². The summed E-state index contributed by atoms with van der Waals surface area (Å²) in [5, 5.41) is 3.43. The number of nitrogens with one attached hydrogen (secondary N) is 1. The van der Waals surface area contributed by atoms with Crippen molar-refractivity contribution in [1.29, 1.82) is 0 Å². The number of halogens is 1. The van der Waals surface area contributed by atoms with Crippen molar-refractivity contribution in [2.45, 2.75) is 32.6 Å². The molecule has 0 unspecified atom stereocenters. The topological polar surface area (TPSA) is 21.3 Å². The van der Waals surface area contributed by atoms with E-state index in [1.165, 1.54) is 19.3 Å². The first-order chi connectivity index (χ1) is 8.33. The molecular weight excluding hydrogens is 278 g/mol. The molecule has 0 aliphatic heterocycles. The number of hydrogen-bond donors (Lipinski definition) is 1. The maximum atomic E-state index is 5.64. The number of hydrogen-bond acceptors (Lipinski definition) is 2. The van der Waals surface area contributed by atoms with Gasteiger partial charge < -0.3 is 10.1 Å². The highest BCUT2D eigenvalue weighted by molar-refractivity contribution is 9.10. The van der Waals surface area contributed by atoms with Gasteiger partial charge in [-0.15, -0.1) is 0 Å². The summed E-state index contributed by atoms with van der Waals surface area (Å²) in [4.78, 5) is 0. The molecule has 0 bridgehead atoms. The van der Waals surface area contributed by atoms with Crippen molar-refractivity contribution in [3.05, 3.63) is 28.7 Å². The van der Waals surface area contributed by atoms with Crippen LogP contribution in [0.4, 0.5) is 0 Å². The van der Waals surface area contributed by atoms with Crippen LogP contribution in [-0.4, -0.2) is 19.7 Å². The van der Waals surface area contributed by atoms with Crippen molar-refractivity contribution in [3.63, 3.8) is 0 Å². The van der Waals surface area contributed by atoms with Crippen LogP contribution in [-0.2, 0) is 0 Å². The maximum Gasteiger partial charge on any atom is 0.119 e. The molecule has 96 valence electrons. The van der Waals surface area contributed by atoms with Crippen LogP contribution in [0.3, 0.4) is 0 Å². The van der Waals surface area contributed by atoms with Crippen LogP contribution in [0.2, 0.25) is 0 Å². The monoisotopic (exact) mass is 299 g/mol. The molecule has 0 spiro atoms. The predicted molar refractivity (Wildman–Crippen MR) is 76.6 cm³/mol. The first-order valence-corrected chi connectivity index (χ1v) is 7.21. The zero-order chi connectivity index (χ0) is 12.3. The Balaban J connectivity index is 1.95. The van der Waals surface area contributed by atoms with E-state index >= 15 is 0 Å². The highest BCUT2D eigenvalue weighted by Gasteiger charge is 1.94. The van der Waals surface area contributed by atoms with E-state index in [0.717, 1.165) is 36.3 Å². The van der Waals surface area contributed by atoms with E-state index in [1.54, 1.807) is 0 Å². The molecular formula is C14H22BrNO. The van der Waals surface area contributed by atoms with Crippen molar-refractivity contribution in [3.8, 4) is 5.75 Å². The molecule has 1 aromatic carbocycles. The van der Waals surface area contributed by atoms with Crippen molar-refractivity contribution < 1.29 is 4.74 Å². The number of unbranched alkanes of at least 4 members (excludes halogenated alkanes) is 2. The van der Waals surface area contributed by atoms with Crippen molar-refractivity contribution in [1.82, 2.24) is 5.32 Å². The molecule has 0 amide bonds. The normalized spacial score (nSPS) is 10.5. The largest absolute Gasteiger partial charge is 0.494 e. The Morgan fingerprint density at radius 3 is 2.47 bits per heavy atom. The summed E-state index contributed by atoms with van der Waals surface area (Å²) in [6.45, 7) is 5.26. The zero-order valence-electron chi connectivity index (χ0n) is 10.5. The lowest BCUT2D eigenvalue weighted by molar-refractivity contribution is 0.306. The Morgan fingerprint density at radius 1 is 1.06 bits per heavy atom. The Morgan fingerprint density at radius 2 is 1.76 bits per heavy atom. The van der Waals surface area contributed by atoms with Gasteiger partial charge in [-0.25, -0.2) is 0 Å².